The predicted molar refractivity (Wildman–Crippen MR) is 127 cm³/mol. The van der Waals surface area contributed by atoms with Gasteiger partial charge in [0.05, 0.1) is 11.7 Å². The molecule has 2 N–H and O–H groups in total. The molecule has 0 aliphatic carbocycles. The first kappa shape index (κ1) is 23.7. The van der Waals surface area contributed by atoms with Crippen molar-refractivity contribution in [2.24, 2.45) is 5.92 Å². The average Bonchev–Trinajstić information content (AvgIpc) is 3.03. The molecule has 9 heteroatoms. The van der Waals surface area contributed by atoms with Crippen molar-refractivity contribution in [1.82, 2.24) is 0 Å². The molecule has 2 aliphatic heterocycles. The van der Waals surface area contributed by atoms with Crippen LogP contribution < -0.4 is 5.32 Å². The molecule has 0 bridgehead atoms. The van der Waals surface area contributed by atoms with E-state index in [1.807, 2.05) is 6.07 Å². The highest BCUT2D eigenvalue weighted by Crippen LogP contribution is 2.53. The standard InChI is InChI=1S/C25H23BrN2O6/c1-13(2)33-23(30)19-14(3)34-21(27)20(22(29)32-12-15-7-5-4-6-8-15)25(19)17-11-16(26)9-10-18(17)28-24(25)31/h4-11,13,20,27H,12H2,1-3H3,(H,28,31). The molecule has 0 saturated heterocycles. The Balaban J connectivity index is 1.88. The summed E-state index contributed by atoms with van der Waals surface area (Å²) in [7, 11) is 0. The van der Waals surface area contributed by atoms with Crippen LogP contribution in [0.3, 0.4) is 0 Å². The van der Waals surface area contributed by atoms with Gasteiger partial charge in [-0.15, -0.1) is 0 Å². The molecule has 0 saturated carbocycles. The highest BCUT2D eigenvalue weighted by Gasteiger charge is 2.65. The SMILES string of the molecule is CC1=C(C(=O)OC(C)C)C2(C(=O)Nc3ccc(Br)cc32)C(C(=O)OCc2ccccc2)C(=N)O1. The van der Waals surface area contributed by atoms with Gasteiger partial charge in [-0.2, -0.15) is 0 Å². The van der Waals surface area contributed by atoms with E-state index in [9.17, 15) is 14.4 Å². The molecule has 2 heterocycles. The fourth-order valence-corrected chi connectivity index (χ4v) is 4.76. The zero-order chi connectivity index (χ0) is 24.6. The summed E-state index contributed by atoms with van der Waals surface area (Å²) in [6.07, 6.45) is -0.485. The number of hydrogen-bond acceptors (Lipinski definition) is 7. The first-order valence-electron chi connectivity index (χ1n) is 10.7. The van der Waals surface area contributed by atoms with Gasteiger partial charge in [-0.3, -0.25) is 15.0 Å². The number of nitrogens with one attached hydrogen (secondary N) is 2. The smallest absolute Gasteiger partial charge is 0.339 e. The van der Waals surface area contributed by atoms with Gasteiger partial charge in [0.1, 0.15) is 17.8 Å². The number of allylic oxidation sites excluding steroid dienone is 1. The second-order valence-electron chi connectivity index (χ2n) is 8.33. The van der Waals surface area contributed by atoms with Gasteiger partial charge >= 0.3 is 11.9 Å². The van der Waals surface area contributed by atoms with E-state index in [4.69, 9.17) is 19.6 Å². The lowest BCUT2D eigenvalue weighted by Crippen LogP contribution is -2.56. The maximum absolute atomic E-state index is 13.7. The van der Waals surface area contributed by atoms with Crippen molar-refractivity contribution in [2.45, 2.75) is 38.9 Å². The molecular weight excluding hydrogens is 504 g/mol. The minimum absolute atomic E-state index is 0.0192. The van der Waals surface area contributed by atoms with Crippen LogP contribution in [0.4, 0.5) is 5.69 Å². The van der Waals surface area contributed by atoms with Crippen molar-refractivity contribution in [2.75, 3.05) is 5.32 Å². The van der Waals surface area contributed by atoms with Crippen LogP contribution in [0.1, 0.15) is 31.9 Å². The molecule has 2 aromatic carbocycles. The van der Waals surface area contributed by atoms with E-state index in [0.717, 1.165) is 5.56 Å². The van der Waals surface area contributed by atoms with E-state index >= 15 is 0 Å². The summed E-state index contributed by atoms with van der Waals surface area (Å²) >= 11 is 3.41. The van der Waals surface area contributed by atoms with Crippen LogP contribution in [0.25, 0.3) is 0 Å². The van der Waals surface area contributed by atoms with Gasteiger partial charge < -0.3 is 19.5 Å². The third kappa shape index (κ3) is 3.90. The quantitative estimate of drug-likeness (QED) is 0.563. The average molecular weight is 527 g/mol. The van der Waals surface area contributed by atoms with E-state index < -0.39 is 41.2 Å². The molecule has 176 valence electrons. The van der Waals surface area contributed by atoms with E-state index in [-0.39, 0.29) is 17.9 Å². The van der Waals surface area contributed by atoms with Crippen LogP contribution in [-0.4, -0.2) is 29.8 Å². The van der Waals surface area contributed by atoms with Crippen molar-refractivity contribution in [3.05, 3.63) is 75.5 Å². The molecule has 2 aliphatic rings. The number of fused-ring (bicyclic) bond motifs is 2. The van der Waals surface area contributed by atoms with Crippen molar-refractivity contribution in [3.63, 3.8) is 0 Å². The molecule has 2 aromatic rings. The topological polar surface area (TPSA) is 115 Å². The number of carbonyl (C=O) groups excluding carboxylic acids is 3. The van der Waals surface area contributed by atoms with Crippen LogP contribution in [0.5, 0.6) is 0 Å². The summed E-state index contributed by atoms with van der Waals surface area (Å²) < 4.78 is 17.1. The lowest BCUT2D eigenvalue weighted by molar-refractivity contribution is -0.153. The van der Waals surface area contributed by atoms with Crippen LogP contribution >= 0.6 is 15.9 Å². The monoisotopic (exact) mass is 526 g/mol. The van der Waals surface area contributed by atoms with Gasteiger partial charge in [0.25, 0.3) is 0 Å². The molecule has 0 aromatic heterocycles. The summed E-state index contributed by atoms with van der Waals surface area (Å²) in [6.45, 7) is 4.76. The number of rotatable bonds is 5. The molecule has 1 spiro atoms. The number of halogens is 1. The number of ether oxygens (including phenoxy) is 3. The zero-order valence-electron chi connectivity index (χ0n) is 18.8. The summed E-state index contributed by atoms with van der Waals surface area (Å²) in [5, 5.41) is 11.3. The van der Waals surface area contributed by atoms with Gasteiger partial charge in [0, 0.05) is 10.2 Å². The Morgan fingerprint density at radius 2 is 1.91 bits per heavy atom. The Bertz CT molecular complexity index is 1220. The van der Waals surface area contributed by atoms with Crippen LogP contribution in [0, 0.1) is 11.3 Å². The molecule has 2 atom stereocenters. The number of anilines is 1. The molecule has 4 rings (SSSR count). The molecule has 2 unspecified atom stereocenters. The van der Waals surface area contributed by atoms with E-state index in [1.165, 1.54) is 6.92 Å². The Labute approximate surface area is 204 Å². The highest BCUT2D eigenvalue weighted by molar-refractivity contribution is 9.10. The second kappa shape index (κ2) is 9.06. The van der Waals surface area contributed by atoms with Gasteiger partial charge in [-0.05, 0) is 50.1 Å². The van der Waals surface area contributed by atoms with Crippen molar-refractivity contribution in [1.29, 1.82) is 5.41 Å². The number of amides is 1. The fraction of sp³-hybridized carbons (Fsp3) is 0.280. The van der Waals surface area contributed by atoms with Crippen LogP contribution in [-0.2, 0) is 40.6 Å². The van der Waals surface area contributed by atoms with Gasteiger partial charge in [-0.1, -0.05) is 46.3 Å². The summed E-state index contributed by atoms with van der Waals surface area (Å²) in [5.74, 6) is -4.30. The Morgan fingerprint density at radius 1 is 1.21 bits per heavy atom. The molecule has 8 nitrogen and oxygen atoms in total. The zero-order valence-corrected chi connectivity index (χ0v) is 20.4. The number of carbonyl (C=O) groups is 3. The summed E-state index contributed by atoms with van der Waals surface area (Å²) in [4.78, 5) is 40.4. The molecule has 0 fully saturated rings. The highest BCUT2D eigenvalue weighted by atomic mass is 79.9. The molecule has 0 radical (unpaired) electrons. The van der Waals surface area contributed by atoms with Gasteiger partial charge in [-0.25, -0.2) is 4.79 Å². The van der Waals surface area contributed by atoms with Gasteiger partial charge in [0.15, 0.2) is 5.92 Å². The Hall–Kier alpha value is -3.46. The second-order valence-corrected chi connectivity index (χ2v) is 9.25. The Morgan fingerprint density at radius 3 is 2.59 bits per heavy atom. The molecule has 1 amide bonds. The van der Waals surface area contributed by atoms with Crippen molar-refractivity contribution < 1.29 is 28.6 Å². The van der Waals surface area contributed by atoms with Crippen molar-refractivity contribution in [3.8, 4) is 0 Å². The van der Waals surface area contributed by atoms with E-state index in [0.29, 0.717) is 15.7 Å². The normalized spacial score (nSPS) is 21.3. The third-order valence-corrected chi connectivity index (χ3v) is 6.22. The summed E-state index contributed by atoms with van der Waals surface area (Å²) in [5.41, 5.74) is -0.507. The molecular formula is C25H23BrN2O6. The van der Waals surface area contributed by atoms with Crippen LogP contribution in [0.15, 0.2) is 64.3 Å². The predicted octanol–water partition coefficient (Wildman–Crippen LogP) is 4.23. The van der Waals surface area contributed by atoms with E-state index in [1.54, 1.807) is 56.3 Å². The van der Waals surface area contributed by atoms with Crippen molar-refractivity contribution >= 4 is 45.4 Å². The maximum atomic E-state index is 13.7. The number of benzene rings is 2. The fourth-order valence-electron chi connectivity index (χ4n) is 4.40. The number of hydrogen-bond donors (Lipinski definition) is 2. The lowest BCUT2D eigenvalue weighted by Gasteiger charge is -2.39. The summed E-state index contributed by atoms with van der Waals surface area (Å²) in [6, 6.07) is 14.1. The van der Waals surface area contributed by atoms with Gasteiger partial charge in [0.2, 0.25) is 11.8 Å². The minimum Gasteiger partial charge on any atom is -0.460 e. The first-order chi connectivity index (χ1) is 16.2. The van der Waals surface area contributed by atoms with Crippen LogP contribution in [0.2, 0.25) is 0 Å². The minimum atomic E-state index is -1.89. The maximum Gasteiger partial charge on any atom is 0.339 e. The van der Waals surface area contributed by atoms with E-state index in [2.05, 4.69) is 21.2 Å². The number of esters is 2. The Kier molecular flexibility index (Phi) is 6.31. The largest absolute Gasteiger partial charge is 0.460 e. The first-order valence-corrected chi connectivity index (χ1v) is 11.5. The molecule has 34 heavy (non-hydrogen) atoms. The lowest BCUT2D eigenvalue weighted by atomic mass is 9.64. The third-order valence-electron chi connectivity index (χ3n) is 5.72.